The lowest BCUT2D eigenvalue weighted by atomic mass is 10.2. The first kappa shape index (κ1) is 10.1. The van der Waals surface area contributed by atoms with E-state index in [9.17, 15) is 4.79 Å². The van der Waals surface area contributed by atoms with E-state index in [1.165, 1.54) is 0 Å². The SMILES string of the molecule is NC(C(=O)O)c1cn2ccc(Br)cc2n1. The van der Waals surface area contributed by atoms with Crippen molar-refractivity contribution in [3.63, 3.8) is 0 Å². The molecule has 0 aliphatic heterocycles. The lowest BCUT2D eigenvalue weighted by Gasteiger charge is -1.99. The Bertz CT molecular complexity index is 523. The van der Waals surface area contributed by atoms with E-state index in [4.69, 9.17) is 10.8 Å². The van der Waals surface area contributed by atoms with Crippen LogP contribution in [0.15, 0.2) is 29.0 Å². The minimum absolute atomic E-state index is 0.348. The standard InChI is InChI=1S/C9H8BrN3O2/c10-5-1-2-13-4-6(8(11)9(14)15)12-7(13)3-5/h1-4,8H,11H2,(H,14,15). The van der Waals surface area contributed by atoms with Crippen molar-refractivity contribution in [2.75, 3.05) is 0 Å². The first-order valence-corrected chi connectivity index (χ1v) is 5.00. The summed E-state index contributed by atoms with van der Waals surface area (Å²) in [5.41, 5.74) is 6.46. The number of nitrogens with zero attached hydrogens (tertiary/aromatic N) is 2. The van der Waals surface area contributed by atoms with Crippen molar-refractivity contribution in [1.82, 2.24) is 9.38 Å². The highest BCUT2D eigenvalue weighted by atomic mass is 79.9. The summed E-state index contributed by atoms with van der Waals surface area (Å²) < 4.78 is 2.61. The van der Waals surface area contributed by atoms with Crippen LogP contribution in [0.2, 0.25) is 0 Å². The molecule has 78 valence electrons. The van der Waals surface area contributed by atoms with Crippen LogP contribution in [-0.4, -0.2) is 20.5 Å². The number of hydrogen-bond acceptors (Lipinski definition) is 3. The predicted octanol–water partition coefficient (Wildman–Crippen LogP) is 1.18. The minimum atomic E-state index is -1.09. The predicted molar refractivity (Wildman–Crippen MR) is 57.5 cm³/mol. The molecule has 6 heteroatoms. The van der Waals surface area contributed by atoms with Crippen LogP contribution < -0.4 is 5.73 Å². The third-order valence-corrected chi connectivity index (χ3v) is 2.52. The summed E-state index contributed by atoms with van der Waals surface area (Å²) in [7, 11) is 0. The molecule has 0 fully saturated rings. The maximum absolute atomic E-state index is 10.7. The fraction of sp³-hybridized carbons (Fsp3) is 0.111. The smallest absolute Gasteiger partial charge is 0.326 e. The number of halogens is 1. The number of hydrogen-bond donors (Lipinski definition) is 2. The fourth-order valence-electron chi connectivity index (χ4n) is 1.25. The average molecular weight is 270 g/mol. The molecule has 2 heterocycles. The third-order valence-electron chi connectivity index (χ3n) is 2.03. The molecule has 3 N–H and O–H groups in total. The van der Waals surface area contributed by atoms with Gasteiger partial charge in [-0.25, -0.2) is 4.98 Å². The lowest BCUT2D eigenvalue weighted by molar-refractivity contribution is -0.138. The number of carboxylic acids is 1. The van der Waals surface area contributed by atoms with Gasteiger partial charge in [-0.3, -0.25) is 4.79 Å². The van der Waals surface area contributed by atoms with Gasteiger partial charge in [0.1, 0.15) is 11.7 Å². The Kier molecular flexibility index (Phi) is 2.45. The van der Waals surface area contributed by atoms with Crippen LogP contribution in [0.5, 0.6) is 0 Å². The maximum Gasteiger partial charge on any atom is 0.326 e. The molecule has 0 saturated carbocycles. The Labute approximate surface area is 93.7 Å². The summed E-state index contributed by atoms with van der Waals surface area (Å²) in [6, 6.07) is 2.55. The number of nitrogens with two attached hydrogens (primary N) is 1. The number of aliphatic carboxylic acids is 1. The number of aromatic nitrogens is 2. The van der Waals surface area contributed by atoms with E-state index in [1.54, 1.807) is 22.9 Å². The Morgan fingerprint density at radius 3 is 3.07 bits per heavy atom. The van der Waals surface area contributed by atoms with E-state index >= 15 is 0 Å². The zero-order valence-electron chi connectivity index (χ0n) is 7.59. The van der Waals surface area contributed by atoms with Gasteiger partial charge in [0.25, 0.3) is 0 Å². The number of carbonyl (C=O) groups is 1. The van der Waals surface area contributed by atoms with Crippen LogP contribution in [-0.2, 0) is 4.79 Å². The zero-order chi connectivity index (χ0) is 11.0. The molecule has 0 bridgehead atoms. The third kappa shape index (κ3) is 1.86. The maximum atomic E-state index is 10.7. The monoisotopic (exact) mass is 269 g/mol. The summed E-state index contributed by atoms with van der Waals surface area (Å²) >= 11 is 3.31. The molecule has 0 radical (unpaired) electrons. The van der Waals surface area contributed by atoms with Crippen molar-refractivity contribution >= 4 is 27.5 Å². The number of carboxylic acid groups (broad SMARTS) is 1. The molecule has 2 aromatic heterocycles. The van der Waals surface area contributed by atoms with E-state index < -0.39 is 12.0 Å². The van der Waals surface area contributed by atoms with Gasteiger partial charge in [-0.1, -0.05) is 15.9 Å². The number of fused-ring (bicyclic) bond motifs is 1. The second kappa shape index (κ2) is 3.63. The molecule has 2 rings (SSSR count). The van der Waals surface area contributed by atoms with Gasteiger partial charge in [0.15, 0.2) is 0 Å². The molecule has 5 nitrogen and oxygen atoms in total. The molecule has 15 heavy (non-hydrogen) atoms. The zero-order valence-corrected chi connectivity index (χ0v) is 9.18. The molecule has 0 aromatic carbocycles. The highest BCUT2D eigenvalue weighted by molar-refractivity contribution is 9.10. The van der Waals surface area contributed by atoms with Crippen LogP contribution in [0.4, 0.5) is 0 Å². The molecular weight excluding hydrogens is 262 g/mol. The summed E-state index contributed by atoms with van der Waals surface area (Å²) in [4.78, 5) is 14.8. The van der Waals surface area contributed by atoms with E-state index in [-0.39, 0.29) is 0 Å². The van der Waals surface area contributed by atoms with Gasteiger partial charge in [0.2, 0.25) is 0 Å². The van der Waals surface area contributed by atoms with E-state index in [1.807, 2.05) is 6.07 Å². The van der Waals surface area contributed by atoms with Crippen LogP contribution in [0.1, 0.15) is 11.7 Å². The molecule has 0 spiro atoms. The Hall–Kier alpha value is -1.40. The summed E-state index contributed by atoms with van der Waals surface area (Å²) in [6.07, 6.45) is 3.39. The largest absolute Gasteiger partial charge is 0.480 e. The minimum Gasteiger partial charge on any atom is -0.480 e. The Morgan fingerprint density at radius 1 is 1.67 bits per heavy atom. The second-order valence-corrected chi connectivity index (χ2v) is 4.01. The van der Waals surface area contributed by atoms with Crippen LogP contribution in [0.3, 0.4) is 0 Å². The van der Waals surface area contributed by atoms with Gasteiger partial charge in [-0.2, -0.15) is 0 Å². The van der Waals surface area contributed by atoms with E-state index in [0.29, 0.717) is 11.3 Å². The van der Waals surface area contributed by atoms with Crippen molar-refractivity contribution in [2.45, 2.75) is 6.04 Å². The van der Waals surface area contributed by atoms with Gasteiger partial charge in [-0.15, -0.1) is 0 Å². The highest BCUT2D eigenvalue weighted by Gasteiger charge is 2.17. The number of imidazole rings is 1. The Balaban J connectivity index is 2.51. The lowest BCUT2D eigenvalue weighted by Crippen LogP contribution is -2.20. The van der Waals surface area contributed by atoms with Crippen molar-refractivity contribution in [2.24, 2.45) is 5.73 Å². The fourth-order valence-corrected chi connectivity index (χ4v) is 1.58. The van der Waals surface area contributed by atoms with Gasteiger partial charge < -0.3 is 15.2 Å². The van der Waals surface area contributed by atoms with E-state index in [2.05, 4.69) is 20.9 Å². The van der Waals surface area contributed by atoms with Gasteiger partial charge in [0, 0.05) is 16.9 Å². The number of rotatable bonds is 2. The quantitative estimate of drug-likeness (QED) is 0.858. The van der Waals surface area contributed by atoms with Gasteiger partial charge in [-0.05, 0) is 12.1 Å². The summed E-state index contributed by atoms with van der Waals surface area (Å²) in [6.45, 7) is 0. The summed E-state index contributed by atoms with van der Waals surface area (Å²) in [5.74, 6) is -1.09. The topological polar surface area (TPSA) is 80.6 Å². The van der Waals surface area contributed by atoms with Crippen LogP contribution in [0.25, 0.3) is 5.65 Å². The average Bonchev–Trinajstić information content (AvgIpc) is 2.58. The molecule has 1 unspecified atom stereocenters. The summed E-state index contributed by atoms with van der Waals surface area (Å²) in [5, 5.41) is 8.73. The van der Waals surface area contributed by atoms with Crippen LogP contribution in [0, 0.1) is 0 Å². The normalized spacial score (nSPS) is 12.9. The molecule has 0 aliphatic rings. The highest BCUT2D eigenvalue weighted by Crippen LogP contribution is 2.15. The molecule has 0 aliphatic carbocycles. The Morgan fingerprint density at radius 2 is 2.40 bits per heavy atom. The molecule has 1 atom stereocenters. The molecule has 2 aromatic rings. The van der Waals surface area contributed by atoms with E-state index in [0.717, 1.165) is 4.47 Å². The van der Waals surface area contributed by atoms with Crippen molar-refractivity contribution in [3.8, 4) is 0 Å². The van der Waals surface area contributed by atoms with Crippen molar-refractivity contribution in [3.05, 3.63) is 34.7 Å². The molecular formula is C9H8BrN3O2. The molecule has 0 saturated heterocycles. The van der Waals surface area contributed by atoms with Crippen LogP contribution >= 0.6 is 15.9 Å². The molecule has 0 amide bonds. The van der Waals surface area contributed by atoms with Crippen molar-refractivity contribution in [1.29, 1.82) is 0 Å². The number of pyridine rings is 1. The van der Waals surface area contributed by atoms with Crippen molar-refractivity contribution < 1.29 is 9.90 Å². The first-order valence-electron chi connectivity index (χ1n) is 4.20. The first-order chi connectivity index (χ1) is 7.08. The second-order valence-electron chi connectivity index (χ2n) is 3.09. The van der Waals surface area contributed by atoms with Gasteiger partial charge >= 0.3 is 5.97 Å². The van der Waals surface area contributed by atoms with Gasteiger partial charge in [0.05, 0.1) is 5.69 Å².